The summed E-state index contributed by atoms with van der Waals surface area (Å²) in [6.07, 6.45) is 1.63. The van der Waals surface area contributed by atoms with E-state index in [2.05, 4.69) is 33.5 Å². The maximum absolute atomic E-state index is 13.0. The summed E-state index contributed by atoms with van der Waals surface area (Å²) in [6, 6.07) is 4.68. The molecular formula is C23H35N5O5S. The molecule has 10 nitrogen and oxygen atoms in total. The summed E-state index contributed by atoms with van der Waals surface area (Å²) in [4.78, 5) is 48.9. The molecule has 1 aromatic rings. The number of nitrogens with two attached hydrogens (primary N) is 1. The second-order valence-corrected chi connectivity index (χ2v) is 8.32. The topological polar surface area (TPSA) is 152 Å². The number of hydrogen-bond acceptors (Lipinski definition) is 6. The zero-order chi connectivity index (χ0) is 25.5. The van der Waals surface area contributed by atoms with E-state index < -0.39 is 29.9 Å². The highest BCUT2D eigenvalue weighted by molar-refractivity contribution is 7.78. The van der Waals surface area contributed by atoms with Crippen LogP contribution < -0.4 is 27.0 Å². The second-order valence-electron chi connectivity index (χ2n) is 8.13. The molecule has 0 saturated carbocycles. The Labute approximate surface area is 205 Å². The average molecular weight is 494 g/mol. The van der Waals surface area contributed by atoms with Crippen LogP contribution in [0.2, 0.25) is 0 Å². The van der Waals surface area contributed by atoms with E-state index >= 15 is 0 Å². The number of carbonyl (C=O) groups excluding carboxylic acids is 4. The van der Waals surface area contributed by atoms with E-state index in [0.29, 0.717) is 31.6 Å². The Morgan fingerprint density at radius 3 is 2.32 bits per heavy atom. The number of ether oxygens (including phenoxy) is 1. The smallest absolute Gasteiger partial charge is 0.312 e. The predicted molar refractivity (Wildman–Crippen MR) is 134 cm³/mol. The quantitative estimate of drug-likeness (QED) is 0.186. The minimum absolute atomic E-state index is 0.178. The molecule has 0 aromatic heterocycles. The SMILES string of the molecule is CCCC(=O)N[C@H](C(=O)N[C@@H](CCCNC(N)=O)C(=O)Nc1ccc(COC=S)cc1)C(C)C. The Morgan fingerprint density at radius 1 is 1.09 bits per heavy atom. The number of carbonyl (C=O) groups is 4. The molecule has 11 heteroatoms. The third-order valence-corrected chi connectivity index (χ3v) is 5.02. The van der Waals surface area contributed by atoms with E-state index in [0.717, 1.165) is 5.56 Å². The van der Waals surface area contributed by atoms with Crippen LogP contribution in [0.4, 0.5) is 10.5 Å². The number of nitrogens with one attached hydrogen (secondary N) is 4. The van der Waals surface area contributed by atoms with Crippen LogP contribution in [0.1, 0.15) is 52.0 Å². The number of urea groups is 1. The van der Waals surface area contributed by atoms with Crippen LogP contribution in [0.15, 0.2) is 24.3 Å². The molecule has 0 spiro atoms. The Kier molecular flexibility index (Phi) is 13.2. The Hall–Kier alpha value is -3.21. The molecule has 34 heavy (non-hydrogen) atoms. The van der Waals surface area contributed by atoms with Crippen molar-refractivity contribution >= 4 is 47.2 Å². The highest BCUT2D eigenvalue weighted by atomic mass is 32.1. The lowest BCUT2D eigenvalue weighted by Gasteiger charge is -2.25. The van der Waals surface area contributed by atoms with Gasteiger partial charge in [0.1, 0.15) is 24.2 Å². The fourth-order valence-corrected chi connectivity index (χ4v) is 3.17. The van der Waals surface area contributed by atoms with Crippen molar-refractivity contribution < 1.29 is 23.9 Å². The first-order chi connectivity index (χ1) is 16.2. The molecule has 0 aliphatic rings. The van der Waals surface area contributed by atoms with Gasteiger partial charge in [-0.2, -0.15) is 0 Å². The third-order valence-electron chi connectivity index (χ3n) is 4.88. The first-order valence-corrected chi connectivity index (χ1v) is 11.7. The van der Waals surface area contributed by atoms with E-state index in [1.807, 2.05) is 20.8 Å². The van der Waals surface area contributed by atoms with Gasteiger partial charge in [0.15, 0.2) is 0 Å². The predicted octanol–water partition coefficient (Wildman–Crippen LogP) is 1.97. The number of anilines is 1. The van der Waals surface area contributed by atoms with Gasteiger partial charge in [0.25, 0.3) is 0 Å². The van der Waals surface area contributed by atoms with E-state index in [9.17, 15) is 19.2 Å². The fraction of sp³-hybridized carbons (Fsp3) is 0.522. The van der Waals surface area contributed by atoms with Crippen molar-refractivity contribution in [1.29, 1.82) is 0 Å². The van der Waals surface area contributed by atoms with E-state index in [4.69, 9.17) is 10.5 Å². The third kappa shape index (κ3) is 11.1. The fourth-order valence-electron chi connectivity index (χ4n) is 3.10. The normalized spacial score (nSPS) is 12.2. The minimum Gasteiger partial charge on any atom is -0.485 e. The van der Waals surface area contributed by atoms with Gasteiger partial charge < -0.3 is 31.7 Å². The maximum Gasteiger partial charge on any atom is 0.312 e. The molecule has 0 aliphatic carbocycles. The van der Waals surface area contributed by atoms with Crippen LogP contribution in [0.3, 0.4) is 0 Å². The van der Waals surface area contributed by atoms with Gasteiger partial charge in [-0.05, 0) is 55.1 Å². The number of hydrogen-bond donors (Lipinski definition) is 5. The van der Waals surface area contributed by atoms with Crippen LogP contribution in [-0.2, 0) is 25.7 Å². The molecule has 0 heterocycles. The van der Waals surface area contributed by atoms with Crippen molar-refractivity contribution in [1.82, 2.24) is 16.0 Å². The summed E-state index contributed by atoms with van der Waals surface area (Å²) in [5, 5.41) is 10.7. The van der Waals surface area contributed by atoms with E-state index in [1.54, 1.807) is 24.3 Å². The Morgan fingerprint density at radius 2 is 1.76 bits per heavy atom. The molecule has 188 valence electrons. The first-order valence-electron chi connectivity index (χ1n) is 11.3. The van der Waals surface area contributed by atoms with Crippen molar-refractivity contribution in [3.63, 3.8) is 0 Å². The van der Waals surface area contributed by atoms with Crippen LogP contribution >= 0.6 is 12.2 Å². The summed E-state index contributed by atoms with van der Waals surface area (Å²) in [7, 11) is 0. The summed E-state index contributed by atoms with van der Waals surface area (Å²) < 4.78 is 5.06. The molecule has 0 bridgehead atoms. The molecule has 0 unspecified atom stereocenters. The molecule has 0 saturated heterocycles. The summed E-state index contributed by atoms with van der Waals surface area (Å²) in [5.74, 6) is -1.27. The lowest BCUT2D eigenvalue weighted by atomic mass is 10.0. The summed E-state index contributed by atoms with van der Waals surface area (Å²) >= 11 is 4.63. The Balaban J connectivity index is 2.89. The molecule has 1 aromatic carbocycles. The van der Waals surface area contributed by atoms with Crippen molar-refractivity contribution in [2.75, 3.05) is 11.9 Å². The van der Waals surface area contributed by atoms with E-state index in [1.165, 1.54) is 5.55 Å². The number of thiocarbonyl (C=S) groups is 1. The molecule has 0 radical (unpaired) electrons. The number of benzene rings is 1. The lowest BCUT2D eigenvalue weighted by Crippen LogP contribution is -2.54. The zero-order valence-corrected chi connectivity index (χ0v) is 20.7. The maximum atomic E-state index is 13.0. The number of rotatable bonds is 15. The van der Waals surface area contributed by atoms with Crippen LogP contribution in [0.5, 0.6) is 0 Å². The minimum atomic E-state index is -0.885. The highest BCUT2D eigenvalue weighted by Crippen LogP contribution is 2.12. The van der Waals surface area contributed by atoms with Crippen molar-refractivity contribution in [3.05, 3.63) is 29.8 Å². The molecule has 5 amide bonds. The summed E-state index contributed by atoms with van der Waals surface area (Å²) in [5.41, 5.74) is 7.69. The van der Waals surface area contributed by atoms with Gasteiger partial charge in [-0.3, -0.25) is 14.4 Å². The van der Waals surface area contributed by atoms with Crippen LogP contribution in [-0.4, -0.2) is 47.9 Å². The van der Waals surface area contributed by atoms with Crippen molar-refractivity contribution in [2.24, 2.45) is 11.7 Å². The van der Waals surface area contributed by atoms with Crippen molar-refractivity contribution in [2.45, 2.75) is 65.1 Å². The van der Waals surface area contributed by atoms with Gasteiger partial charge in [0.2, 0.25) is 17.7 Å². The Bertz CT molecular complexity index is 832. The zero-order valence-electron chi connectivity index (χ0n) is 19.9. The summed E-state index contributed by atoms with van der Waals surface area (Å²) in [6.45, 7) is 6.09. The number of amides is 5. The molecule has 0 aliphatic heterocycles. The molecule has 1 rings (SSSR count). The molecular weight excluding hydrogens is 458 g/mol. The van der Waals surface area contributed by atoms with Gasteiger partial charge in [-0.25, -0.2) is 4.79 Å². The van der Waals surface area contributed by atoms with Gasteiger partial charge in [-0.15, -0.1) is 0 Å². The average Bonchev–Trinajstić information content (AvgIpc) is 2.78. The second kappa shape index (κ2) is 15.6. The van der Waals surface area contributed by atoms with Crippen LogP contribution in [0, 0.1) is 5.92 Å². The van der Waals surface area contributed by atoms with Gasteiger partial charge in [0.05, 0.1) is 0 Å². The molecule has 0 fully saturated rings. The molecule has 2 atom stereocenters. The largest absolute Gasteiger partial charge is 0.485 e. The van der Waals surface area contributed by atoms with Crippen molar-refractivity contribution in [3.8, 4) is 0 Å². The molecule has 6 N–H and O–H groups in total. The van der Waals surface area contributed by atoms with Gasteiger partial charge >= 0.3 is 6.03 Å². The highest BCUT2D eigenvalue weighted by Gasteiger charge is 2.28. The monoisotopic (exact) mass is 493 g/mol. The van der Waals surface area contributed by atoms with Gasteiger partial charge in [-0.1, -0.05) is 32.9 Å². The number of primary amides is 1. The standard InChI is InChI=1S/C23H35N5O5S/c1-4-6-19(29)28-20(15(2)3)22(31)27-18(7-5-12-25-23(24)32)21(30)26-17-10-8-16(9-11-17)13-33-14-34/h8-11,14-15,18,20H,4-7,12-13H2,1-3H3,(H,26,30)(H,27,31)(H,28,29)(H3,24,25,32)/t18-,20-/m0/s1. The first kappa shape index (κ1) is 28.8. The van der Waals surface area contributed by atoms with E-state index in [-0.39, 0.29) is 24.8 Å². The van der Waals surface area contributed by atoms with Crippen LogP contribution in [0.25, 0.3) is 0 Å². The van der Waals surface area contributed by atoms with Gasteiger partial charge in [0, 0.05) is 18.7 Å². The lowest BCUT2D eigenvalue weighted by molar-refractivity contribution is -0.132.